The van der Waals surface area contributed by atoms with Crippen molar-refractivity contribution in [2.75, 3.05) is 25.5 Å². The maximum absolute atomic E-state index is 12.3. The van der Waals surface area contributed by atoms with Gasteiger partial charge < -0.3 is 10.2 Å². The summed E-state index contributed by atoms with van der Waals surface area (Å²) in [6, 6.07) is 1.44. The normalized spacial score (nSPS) is 10.2. The van der Waals surface area contributed by atoms with Crippen molar-refractivity contribution in [2.45, 2.75) is 26.7 Å². The molecule has 0 unspecified atom stereocenters. The Morgan fingerprint density at radius 1 is 1.50 bits per heavy atom. The van der Waals surface area contributed by atoms with Crippen LogP contribution < -0.4 is 5.32 Å². The highest BCUT2D eigenvalue weighted by atomic mass is 16.6. The summed E-state index contributed by atoms with van der Waals surface area (Å²) >= 11 is 0. The lowest BCUT2D eigenvalue weighted by Crippen LogP contribution is -2.28. The molecule has 0 spiro atoms. The third-order valence-electron chi connectivity index (χ3n) is 2.86. The van der Waals surface area contributed by atoms with E-state index in [1.54, 1.807) is 7.05 Å². The molecule has 0 aliphatic rings. The molecule has 20 heavy (non-hydrogen) atoms. The summed E-state index contributed by atoms with van der Waals surface area (Å²) in [7, 11) is 1.65. The van der Waals surface area contributed by atoms with Gasteiger partial charge in [0.25, 0.3) is 11.6 Å². The average Bonchev–Trinajstić information content (AvgIpc) is 2.43. The van der Waals surface area contributed by atoms with E-state index >= 15 is 0 Å². The quantitative estimate of drug-likeness (QED) is 0.611. The summed E-state index contributed by atoms with van der Waals surface area (Å²) in [5.74, 6) is 0.108. The van der Waals surface area contributed by atoms with Crippen LogP contribution in [0.2, 0.25) is 0 Å². The van der Waals surface area contributed by atoms with Crippen LogP contribution in [0, 0.1) is 10.1 Å². The van der Waals surface area contributed by atoms with E-state index < -0.39 is 4.92 Å². The molecule has 0 aliphatic carbocycles. The third kappa shape index (κ3) is 3.91. The molecule has 0 atom stereocenters. The number of nitro groups is 1. The van der Waals surface area contributed by atoms with Crippen LogP contribution in [-0.4, -0.2) is 40.9 Å². The molecule has 0 saturated carbocycles. The first kappa shape index (κ1) is 15.9. The molecule has 0 bridgehead atoms. The first-order valence-corrected chi connectivity index (χ1v) is 6.65. The summed E-state index contributed by atoms with van der Waals surface area (Å²) in [5, 5.41) is 14.0. The monoisotopic (exact) mass is 280 g/mol. The predicted molar refractivity (Wildman–Crippen MR) is 76.9 cm³/mol. The molecule has 1 N–H and O–H groups in total. The topological polar surface area (TPSA) is 88.4 Å². The smallest absolute Gasteiger partial charge is 0.300 e. The molecular formula is C13H20N4O3. The second-order valence-electron chi connectivity index (χ2n) is 4.45. The molecule has 1 heterocycles. The number of amides is 1. The van der Waals surface area contributed by atoms with E-state index in [1.807, 2.05) is 13.8 Å². The van der Waals surface area contributed by atoms with Crippen LogP contribution in [0.15, 0.2) is 12.3 Å². The fourth-order valence-electron chi connectivity index (χ4n) is 1.75. The van der Waals surface area contributed by atoms with Crippen LogP contribution in [0.25, 0.3) is 0 Å². The minimum Gasteiger partial charge on any atom is -0.370 e. The lowest BCUT2D eigenvalue weighted by atomic mass is 10.2. The average molecular weight is 280 g/mol. The summed E-state index contributed by atoms with van der Waals surface area (Å²) in [4.78, 5) is 28.2. The lowest BCUT2D eigenvalue weighted by molar-refractivity contribution is -0.385. The summed E-state index contributed by atoms with van der Waals surface area (Å²) in [6.45, 7) is 5.11. The van der Waals surface area contributed by atoms with Gasteiger partial charge in [-0.3, -0.25) is 14.9 Å². The lowest BCUT2D eigenvalue weighted by Gasteiger charge is -2.17. The zero-order valence-electron chi connectivity index (χ0n) is 12.0. The van der Waals surface area contributed by atoms with Gasteiger partial charge in [0.1, 0.15) is 17.6 Å². The number of nitrogens with one attached hydrogen (secondary N) is 1. The molecule has 7 nitrogen and oxygen atoms in total. The highest BCUT2D eigenvalue weighted by molar-refractivity contribution is 5.98. The molecule has 0 aromatic carbocycles. The number of rotatable bonds is 7. The molecule has 1 aromatic rings. The highest BCUT2D eigenvalue weighted by Gasteiger charge is 2.23. The van der Waals surface area contributed by atoms with Crippen molar-refractivity contribution in [3.8, 4) is 0 Å². The summed E-state index contributed by atoms with van der Waals surface area (Å²) in [6.07, 6.45) is 2.94. The van der Waals surface area contributed by atoms with Crippen molar-refractivity contribution in [2.24, 2.45) is 0 Å². The Balaban J connectivity index is 3.08. The van der Waals surface area contributed by atoms with Crippen molar-refractivity contribution in [1.29, 1.82) is 0 Å². The van der Waals surface area contributed by atoms with Gasteiger partial charge in [-0.1, -0.05) is 13.3 Å². The standard InChI is InChI=1S/C13H20N4O3/c1-4-6-7-16(3)13(18)10-8-12(14-5-2)15-9-11(10)17(19)20/h8-9H,4-7H2,1-3H3,(H,14,15). The van der Waals surface area contributed by atoms with Gasteiger partial charge in [-0.25, -0.2) is 4.98 Å². The number of aromatic nitrogens is 1. The van der Waals surface area contributed by atoms with Crippen LogP contribution in [-0.2, 0) is 0 Å². The maximum atomic E-state index is 12.3. The summed E-state index contributed by atoms with van der Waals surface area (Å²) < 4.78 is 0. The molecule has 0 aliphatic heterocycles. The Kier molecular flexibility index (Phi) is 5.89. The zero-order chi connectivity index (χ0) is 15.1. The molecule has 0 fully saturated rings. The van der Waals surface area contributed by atoms with Crippen LogP contribution in [0.1, 0.15) is 37.0 Å². The number of unbranched alkanes of at least 4 members (excludes halogenated alkanes) is 1. The van der Waals surface area contributed by atoms with Crippen LogP contribution in [0.4, 0.5) is 11.5 Å². The Morgan fingerprint density at radius 3 is 2.75 bits per heavy atom. The molecule has 1 amide bonds. The SMILES string of the molecule is CCCCN(C)C(=O)c1cc(NCC)ncc1[N+](=O)[O-]. The minimum absolute atomic E-state index is 0.0690. The Bertz CT molecular complexity index is 491. The van der Waals surface area contributed by atoms with Crippen LogP contribution in [0.5, 0.6) is 0 Å². The highest BCUT2D eigenvalue weighted by Crippen LogP contribution is 2.21. The van der Waals surface area contributed by atoms with E-state index in [0.29, 0.717) is 18.9 Å². The van der Waals surface area contributed by atoms with E-state index in [-0.39, 0.29) is 17.2 Å². The largest absolute Gasteiger partial charge is 0.370 e. The Hall–Kier alpha value is -2.18. The van der Waals surface area contributed by atoms with Crippen LogP contribution in [0.3, 0.4) is 0 Å². The van der Waals surface area contributed by atoms with Crippen molar-refractivity contribution < 1.29 is 9.72 Å². The molecule has 7 heteroatoms. The number of hydrogen-bond donors (Lipinski definition) is 1. The number of pyridine rings is 1. The van der Waals surface area contributed by atoms with E-state index in [1.165, 1.54) is 11.0 Å². The fraction of sp³-hybridized carbons (Fsp3) is 0.538. The second kappa shape index (κ2) is 7.42. The fourth-order valence-corrected chi connectivity index (χ4v) is 1.75. The number of anilines is 1. The first-order valence-electron chi connectivity index (χ1n) is 6.65. The molecule has 0 radical (unpaired) electrons. The number of nitrogens with zero attached hydrogens (tertiary/aromatic N) is 3. The van der Waals surface area contributed by atoms with Gasteiger partial charge in [-0.2, -0.15) is 0 Å². The number of hydrogen-bond acceptors (Lipinski definition) is 5. The molecular weight excluding hydrogens is 260 g/mol. The van der Waals surface area contributed by atoms with Gasteiger partial charge in [0, 0.05) is 26.2 Å². The Labute approximate surface area is 118 Å². The van der Waals surface area contributed by atoms with E-state index in [4.69, 9.17) is 0 Å². The van der Waals surface area contributed by atoms with E-state index in [2.05, 4.69) is 10.3 Å². The van der Waals surface area contributed by atoms with E-state index in [0.717, 1.165) is 19.0 Å². The number of carbonyl (C=O) groups is 1. The van der Waals surface area contributed by atoms with Gasteiger partial charge in [-0.15, -0.1) is 0 Å². The van der Waals surface area contributed by atoms with Gasteiger partial charge >= 0.3 is 0 Å². The summed E-state index contributed by atoms with van der Waals surface area (Å²) in [5.41, 5.74) is -0.195. The number of carbonyl (C=O) groups excluding carboxylic acids is 1. The third-order valence-corrected chi connectivity index (χ3v) is 2.86. The van der Waals surface area contributed by atoms with Crippen molar-refractivity contribution in [3.63, 3.8) is 0 Å². The zero-order valence-corrected chi connectivity index (χ0v) is 12.0. The van der Waals surface area contributed by atoms with Crippen molar-refractivity contribution in [1.82, 2.24) is 9.88 Å². The van der Waals surface area contributed by atoms with Crippen molar-refractivity contribution >= 4 is 17.4 Å². The van der Waals surface area contributed by atoms with Gasteiger partial charge in [0.15, 0.2) is 0 Å². The molecule has 0 saturated heterocycles. The van der Waals surface area contributed by atoms with Gasteiger partial charge in [0.2, 0.25) is 0 Å². The predicted octanol–water partition coefficient (Wildman–Crippen LogP) is 2.29. The molecule has 1 aromatic heterocycles. The maximum Gasteiger partial charge on any atom is 0.300 e. The Morgan fingerprint density at radius 2 is 2.20 bits per heavy atom. The second-order valence-corrected chi connectivity index (χ2v) is 4.45. The van der Waals surface area contributed by atoms with Gasteiger partial charge in [-0.05, 0) is 13.3 Å². The van der Waals surface area contributed by atoms with Gasteiger partial charge in [0.05, 0.1) is 4.92 Å². The van der Waals surface area contributed by atoms with Crippen LogP contribution >= 0.6 is 0 Å². The first-order chi connectivity index (χ1) is 9.51. The minimum atomic E-state index is -0.580. The van der Waals surface area contributed by atoms with E-state index in [9.17, 15) is 14.9 Å². The molecule has 110 valence electrons. The molecule has 1 rings (SSSR count). The van der Waals surface area contributed by atoms with Crippen molar-refractivity contribution in [3.05, 3.63) is 27.9 Å².